The third-order valence-corrected chi connectivity index (χ3v) is 3.38. The number of nitrogens with zero attached hydrogens (tertiary/aromatic N) is 2. The van der Waals surface area contributed by atoms with Crippen molar-refractivity contribution in [3.63, 3.8) is 0 Å². The average molecular weight is 316 g/mol. The number of aromatic nitrogens is 2. The minimum Gasteiger partial charge on any atom is -0.298 e. The second-order valence-corrected chi connectivity index (χ2v) is 4.91. The van der Waals surface area contributed by atoms with Crippen molar-refractivity contribution in [1.29, 1.82) is 0 Å². The number of rotatable bonds is 3. The second kappa shape index (κ2) is 5.72. The third kappa shape index (κ3) is 3.01. The fraction of sp³-hybridized carbons (Fsp3) is 0.0588. The van der Waals surface area contributed by atoms with Gasteiger partial charge >= 0.3 is 6.18 Å². The molecular formula is C17H11F3N2O. The van der Waals surface area contributed by atoms with Gasteiger partial charge in [0.1, 0.15) is 5.69 Å². The number of carbonyl (C=O) groups excluding carboxylic acids is 1. The first-order chi connectivity index (χ1) is 11.0. The Labute approximate surface area is 130 Å². The Morgan fingerprint density at radius 2 is 1.61 bits per heavy atom. The molecule has 23 heavy (non-hydrogen) atoms. The van der Waals surface area contributed by atoms with Crippen molar-refractivity contribution < 1.29 is 18.0 Å². The van der Waals surface area contributed by atoms with Gasteiger partial charge in [-0.2, -0.15) is 18.3 Å². The smallest absolute Gasteiger partial charge is 0.298 e. The largest absolute Gasteiger partial charge is 0.416 e. The quantitative estimate of drug-likeness (QED) is 0.673. The molecule has 2 aromatic carbocycles. The maximum Gasteiger partial charge on any atom is 0.416 e. The number of benzene rings is 2. The lowest BCUT2D eigenvalue weighted by atomic mass is 10.1. The minimum absolute atomic E-state index is 0.314. The highest BCUT2D eigenvalue weighted by atomic mass is 19.4. The Hall–Kier alpha value is -2.89. The van der Waals surface area contributed by atoms with E-state index in [0.717, 1.165) is 17.8 Å². The number of para-hydroxylation sites is 1. The van der Waals surface area contributed by atoms with E-state index in [1.54, 1.807) is 6.20 Å². The maximum atomic E-state index is 12.6. The van der Waals surface area contributed by atoms with E-state index in [0.29, 0.717) is 23.1 Å². The van der Waals surface area contributed by atoms with Crippen molar-refractivity contribution in [2.45, 2.75) is 6.18 Å². The van der Waals surface area contributed by atoms with Gasteiger partial charge in [0.15, 0.2) is 6.29 Å². The van der Waals surface area contributed by atoms with E-state index in [2.05, 4.69) is 5.10 Å². The Bertz CT molecular complexity index is 821. The van der Waals surface area contributed by atoms with Crippen LogP contribution < -0.4 is 0 Å². The molecule has 0 spiro atoms. The molecule has 0 unspecified atom stereocenters. The molecule has 116 valence electrons. The van der Waals surface area contributed by atoms with Gasteiger partial charge in [0.2, 0.25) is 0 Å². The third-order valence-electron chi connectivity index (χ3n) is 3.38. The monoisotopic (exact) mass is 316 g/mol. The minimum atomic E-state index is -4.39. The van der Waals surface area contributed by atoms with Crippen LogP contribution in [0, 0.1) is 0 Å². The summed E-state index contributed by atoms with van der Waals surface area (Å²) in [6.45, 7) is 0. The lowest BCUT2D eigenvalue weighted by Crippen LogP contribution is -2.04. The van der Waals surface area contributed by atoms with Crippen LogP contribution in [-0.2, 0) is 6.18 Å². The molecule has 0 N–H and O–H groups in total. The SMILES string of the molecule is O=Cc1cn(-c2ccccc2)nc1-c1ccc(C(F)(F)F)cc1. The van der Waals surface area contributed by atoms with Crippen LogP contribution in [0.25, 0.3) is 16.9 Å². The van der Waals surface area contributed by atoms with Crippen molar-refractivity contribution in [3.05, 3.63) is 71.9 Å². The Kier molecular flexibility index (Phi) is 3.73. The molecular weight excluding hydrogens is 305 g/mol. The molecule has 0 aliphatic carbocycles. The molecule has 0 aliphatic rings. The van der Waals surface area contributed by atoms with Crippen molar-refractivity contribution in [2.24, 2.45) is 0 Å². The second-order valence-electron chi connectivity index (χ2n) is 4.91. The highest BCUT2D eigenvalue weighted by Gasteiger charge is 2.30. The fourth-order valence-electron chi connectivity index (χ4n) is 2.23. The van der Waals surface area contributed by atoms with Crippen LogP contribution in [0.1, 0.15) is 15.9 Å². The van der Waals surface area contributed by atoms with E-state index in [-0.39, 0.29) is 0 Å². The van der Waals surface area contributed by atoms with E-state index >= 15 is 0 Å². The molecule has 0 atom stereocenters. The highest BCUT2D eigenvalue weighted by molar-refractivity contribution is 5.85. The molecule has 0 radical (unpaired) electrons. The number of hydrogen-bond acceptors (Lipinski definition) is 2. The Balaban J connectivity index is 2.03. The summed E-state index contributed by atoms with van der Waals surface area (Å²) in [5.41, 5.74) is 1.13. The molecule has 1 aromatic heterocycles. The maximum absolute atomic E-state index is 12.6. The zero-order valence-electron chi connectivity index (χ0n) is 11.8. The topological polar surface area (TPSA) is 34.9 Å². The summed E-state index contributed by atoms with van der Waals surface area (Å²) in [6.07, 6.45) is -2.20. The summed E-state index contributed by atoms with van der Waals surface area (Å²) in [4.78, 5) is 11.2. The zero-order chi connectivity index (χ0) is 16.4. The highest BCUT2D eigenvalue weighted by Crippen LogP contribution is 2.31. The van der Waals surface area contributed by atoms with Crippen molar-refractivity contribution in [3.8, 4) is 16.9 Å². The predicted molar refractivity (Wildman–Crippen MR) is 79.4 cm³/mol. The lowest BCUT2D eigenvalue weighted by Gasteiger charge is -2.06. The van der Waals surface area contributed by atoms with Gasteiger partial charge in [0, 0.05) is 11.8 Å². The standard InChI is InChI=1S/C17H11F3N2O/c18-17(19,20)14-8-6-12(7-9-14)16-13(11-23)10-22(21-16)15-4-2-1-3-5-15/h1-11H. The number of halogens is 3. The van der Waals surface area contributed by atoms with E-state index in [1.165, 1.54) is 16.8 Å². The van der Waals surface area contributed by atoms with Crippen LogP contribution >= 0.6 is 0 Å². The van der Waals surface area contributed by atoms with Crippen LogP contribution in [0.5, 0.6) is 0 Å². The first kappa shape index (κ1) is 15.0. The van der Waals surface area contributed by atoms with Crippen LogP contribution in [0.4, 0.5) is 13.2 Å². The molecule has 0 amide bonds. The molecule has 0 fully saturated rings. The van der Waals surface area contributed by atoms with Gasteiger partial charge in [0.25, 0.3) is 0 Å². The van der Waals surface area contributed by atoms with Gasteiger partial charge in [-0.3, -0.25) is 4.79 Å². The Morgan fingerprint density at radius 3 is 2.17 bits per heavy atom. The lowest BCUT2D eigenvalue weighted by molar-refractivity contribution is -0.137. The van der Waals surface area contributed by atoms with E-state index in [1.807, 2.05) is 30.3 Å². The first-order valence-corrected chi connectivity index (χ1v) is 6.77. The van der Waals surface area contributed by atoms with E-state index in [4.69, 9.17) is 0 Å². The van der Waals surface area contributed by atoms with Crippen molar-refractivity contribution in [2.75, 3.05) is 0 Å². The number of alkyl halides is 3. The van der Waals surface area contributed by atoms with E-state index < -0.39 is 11.7 Å². The summed E-state index contributed by atoms with van der Waals surface area (Å²) in [7, 11) is 0. The van der Waals surface area contributed by atoms with Crippen LogP contribution in [0.3, 0.4) is 0 Å². The molecule has 0 saturated heterocycles. The predicted octanol–water partition coefficient (Wildman–Crippen LogP) is 4.37. The molecule has 0 saturated carbocycles. The normalized spacial score (nSPS) is 11.4. The first-order valence-electron chi connectivity index (χ1n) is 6.77. The number of aldehydes is 1. The van der Waals surface area contributed by atoms with Crippen molar-refractivity contribution in [1.82, 2.24) is 9.78 Å². The van der Waals surface area contributed by atoms with Gasteiger partial charge in [-0.1, -0.05) is 30.3 Å². The van der Waals surface area contributed by atoms with Crippen LogP contribution in [0.2, 0.25) is 0 Å². The average Bonchev–Trinajstić information content (AvgIpc) is 2.99. The molecule has 6 heteroatoms. The van der Waals surface area contributed by atoms with Crippen LogP contribution in [-0.4, -0.2) is 16.1 Å². The van der Waals surface area contributed by atoms with Gasteiger partial charge < -0.3 is 0 Å². The van der Waals surface area contributed by atoms with Crippen molar-refractivity contribution >= 4 is 6.29 Å². The molecule has 0 bridgehead atoms. The summed E-state index contributed by atoms with van der Waals surface area (Å²) in [5, 5.41) is 4.32. The van der Waals surface area contributed by atoms with Gasteiger partial charge in [-0.15, -0.1) is 0 Å². The summed E-state index contributed by atoms with van der Waals surface area (Å²) in [5.74, 6) is 0. The van der Waals surface area contributed by atoms with Gasteiger partial charge in [0.05, 0.1) is 16.8 Å². The fourth-order valence-corrected chi connectivity index (χ4v) is 2.23. The Morgan fingerprint density at radius 1 is 0.957 bits per heavy atom. The van der Waals surface area contributed by atoms with Gasteiger partial charge in [-0.05, 0) is 24.3 Å². The molecule has 3 rings (SSSR count). The van der Waals surface area contributed by atoms with E-state index in [9.17, 15) is 18.0 Å². The number of hydrogen-bond donors (Lipinski definition) is 0. The molecule has 1 heterocycles. The summed E-state index contributed by atoms with van der Waals surface area (Å²) < 4.78 is 39.4. The zero-order valence-corrected chi connectivity index (χ0v) is 11.8. The molecule has 3 nitrogen and oxygen atoms in total. The van der Waals surface area contributed by atoms with Gasteiger partial charge in [-0.25, -0.2) is 4.68 Å². The molecule has 0 aliphatic heterocycles. The van der Waals surface area contributed by atoms with Crippen LogP contribution in [0.15, 0.2) is 60.8 Å². The molecule has 3 aromatic rings. The summed E-state index contributed by atoms with van der Waals surface area (Å²) in [6, 6.07) is 13.7. The summed E-state index contributed by atoms with van der Waals surface area (Å²) >= 11 is 0. The number of carbonyl (C=O) groups is 1.